The lowest BCUT2D eigenvalue weighted by atomic mass is 10.1. The molecule has 4 aromatic rings. The van der Waals surface area contributed by atoms with E-state index in [4.69, 9.17) is 11.6 Å². The molecule has 0 saturated carbocycles. The molecule has 1 aromatic heterocycles. The number of anilines is 3. The van der Waals surface area contributed by atoms with Gasteiger partial charge in [0.15, 0.2) is 0 Å². The summed E-state index contributed by atoms with van der Waals surface area (Å²) in [5.74, 6) is 0. The average Bonchev–Trinajstić information content (AvgIpc) is 2.74. The number of carbonyl (C=O) groups excluding carboxylic acids is 1. The van der Waals surface area contributed by atoms with Crippen LogP contribution >= 0.6 is 11.6 Å². The number of fused-ring (bicyclic) bond motifs is 1. The van der Waals surface area contributed by atoms with Crippen molar-refractivity contribution in [3.63, 3.8) is 0 Å². The van der Waals surface area contributed by atoms with E-state index in [9.17, 15) is 13.2 Å². The zero-order valence-electron chi connectivity index (χ0n) is 16.8. The molecule has 0 aliphatic carbocycles. The standard InChI is InChI=1S/C22H18ClN5O3S/c1-32(30,31)28-16-9-10-20(18(23)12-16)27-22(29)26-15-6-4-5-14(11-15)21-17-7-2-3-8-19(17)24-13-25-21/h2-13,28H,1H3,(H2,26,27,29). The lowest BCUT2D eigenvalue weighted by molar-refractivity contribution is 0.262. The number of amides is 2. The topological polar surface area (TPSA) is 113 Å². The molecular formula is C22H18ClN5O3S. The number of carbonyl (C=O) groups is 1. The van der Waals surface area contributed by atoms with Gasteiger partial charge in [-0.15, -0.1) is 0 Å². The average molecular weight is 468 g/mol. The number of urea groups is 1. The van der Waals surface area contributed by atoms with E-state index in [0.717, 1.165) is 28.4 Å². The molecule has 10 heteroatoms. The summed E-state index contributed by atoms with van der Waals surface area (Å²) < 4.78 is 25.0. The van der Waals surface area contributed by atoms with Crippen molar-refractivity contribution in [3.8, 4) is 11.3 Å². The Morgan fingerprint density at radius 1 is 0.906 bits per heavy atom. The quantitative estimate of drug-likeness (QED) is 0.383. The molecule has 32 heavy (non-hydrogen) atoms. The Kier molecular flexibility index (Phi) is 5.93. The molecule has 0 atom stereocenters. The first-order valence-electron chi connectivity index (χ1n) is 9.44. The van der Waals surface area contributed by atoms with Gasteiger partial charge in [-0.05, 0) is 36.4 Å². The summed E-state index contributed by atoms with van der Waals surface area (Å²) in [7, 11) is -3.43. The Labute approximate surface area is 189 Å². The molecular weight excluding hydrogens is 450 g/mol. The van der Waals surface area contributed by atoms with Crippen LogP contribution in [0.4, 0.5) is 21.9 Å². The fourth-order valence-electron chi connectivity index (χ4n) is 3.16. The number of hydrogen-bond acceptors (Lipinski definition) is 5. The second-order valence-corrected chi connectivity index (χ2v) is 9.12. The molecule has 0 aliphatic heterocycles. The first-order valence-corrected chi connectivity index (χ1v) is 11.7. The summed E-state index contributed by atoms with van der Waals surface area (Å²) in [4.78, 5) is 21.2. The zero-order valence-corrected chi connectivity index (χ0v) is 18.4. The van der Waals surface area contributed by atoms with Crippen molar-refractivity contribution < 1.29 is 13.2 Å². The lowest BCUT2D eigenvalue weighted by Gasteiger charge is -2.12. The number of aromatic nitrogens is 2. The summed E-state index contributed by atoms with van der Waals surface area (Å²) in [6, 6.07) is 18.9. The molecule has 0 radical (unpaired) electrons. The number of nitrogens with one attached hydrogen (secondary N) is 3. The maximum absolute atomic E-state index is 12.5. The highest BCUT2D eigenvalue weighted by molar-refractivity contribution is 7.92. The van der Waals surface area contributed by atoms with Crippen molar-refractivity contribution >= 4 is 55.6 Å². The SMILES string of the molecule is CS(=O)(=O)Nc1ccc(NC(=O)Nc2cccc(-c3ncnc4ccccc34)c2)c(Cl)c1. The van der Waals surface area contributed by atoms with Gasteiger partial charge < -0.3 is 10.6 Å². The van der Waals surface area contributed by atoms with E-state index in [0.29, 0.717) is 17.1 Å². The fourth-order valence-corrected chi connectivity index (χ4v) is 3.94. The maximum Gasteiger partial charge on any atom is 0.323 e. The molecule has 3 aromatic carbocycles. The third-order valence-corrected chi connectivity index (χ3v) is 5.38. The van der Waals surface area contributed by atoms with Gasteiger partial charge in [-0.25, -0.2) is 23.2 Å². The number of benzene rings is 3. The number of rotatable bonds is 5. The third kappa shape index (κ3) is 5.13. The zero-order chi connectivity index (χ0) is 22.7. The number of para-hydroxylation sites is 1. The van der Waals surface area contributed by atoms with E-state index in [1.807, 2.05) is 42.5 Å². The Morgan fingerprint density at radius 2 is 1.72 bits per heavy atom. The van der Waals surface area contributed by atoms with Crippen molar-refractivity contribution in [2.24, 2.45) is 0 Å². The van der Waals surface area contributed by atoms with Gasteiger partial charge >= 0.3 is 6.03 Å². The summed E-state index contributed by atoms with van der Waals surface area (Å²) in [6.07, 6.45) is 2.55. The molecule has 0 unspecified atom stereocenters. The summed E-state index contributed by atoms with van der Waals surface area (Å²) in [5.41, 5.74) is 3.62. The molecule has 8 nitrogen and oxygen atoms in total. The van der Waals surface area contributed by atoms with E-state index in [1.165, 1.54) is 24.5 Å². The third-order valence-electron chi connectivity index (χ3n) is 4.46. The van der Waals surface area contributed by atoms with Crippen molar-refractivity contribution in [2.75, 3.05) is 21.6 Å². The van der Waals surface area contributed by atoms with Crippen LogP contribution < -0.4 is 15.4 Å². The second-order valence-electron chi connectivity index (χ2n) is 6.97. The van der Waals surface area contributed by atoms with Crippen LogP contribution in [0.2, 0.25) is 5.02 Å². The van der Waals surface area contributed by atoms with Crippen LogP contribution in [0.25, 0.3) is 22.2 Å². The molecule has 1 heterocycles. The van der Waals surface area contributed by atoms with Gasteiger partial charge in [0, 0.05) is 16.6 Å². The van der Waals surface area contributed by atoms with Crippen molar-refractivity contribution in [3.05, 3.63) is 78.1 Å². The maximum atomic E-state index is 12.5. The Morgan fingerprint density at radius 3 is 2.50 bits per heavy atom. The second kappa shape index (κ2) is 8.81. The van der Waals surface area contributed by atoms with E-state index in [-0.39, 0.29) is 5.02 Å². The minimum atomic E-state index is -3.43. The van der Waals surface area contributed by atoms with Crippen LogP contribution in [0.5, 0.6) is 0 Å². The van der Waals surface area contributed by atoms with E-state index in [1.54, 1.807) is 6.07 Å². The molecule has 0 bridgehead atoms. The molecule has 0 aliphatic rings. The highest BCUT2D eigenvalue weighted by Crippen LogP contribution is 2.28. The first-order chi connectivity index (χ1) is 15.3. The first kappa shape index (κ1) is 21.5. The van der Waals surface area contributed by atoms with Gasteiger partial charge in [0.25, 0.3) is 0 Å². The fraction of sp³-hybridized carbons (Fsp3) is 0.0455. The monoisotopic (exact) mass is 467 g/mol. The molecule has 0 spiro atoms. The summed E-state index contributed by atoms with van der Waals surface area (Å²) >= 11 is 6.17. The predicted octanol–water partition coefficient (Wildman–Crippen LogP) is 4.97. The van der Waals surface area contributed by atoms with Crippen molar-refractivity contribution in [2.45, 2.75) is 0 Å². The molecule has 3 N–H and O–H groups in total. The van der Waals surface area contributed by atoms with E-state index in [2.05, 4.69) is 25.3 Å². The normalized spacial score (nSPS) is 11.2. The van der Waals surface area contributed by atoms with E-state index < -0.39 is 16.1 Å². The highest BCUT2D eigenvalue weighted by Gasteiger charge is 2.11. The Hall–Kier alpha value is -3.69. The van der Waals surface area contributed by atoms with Crippen LogP contribution in [-0.4, -0.2) is 30.7 Å². The molecule has 4 rings (SSSR count). The number of nitrogens with zero attached hydrogens (tertiary/aromatic N) is 2. The Balaban J connectivity index is 1.51. The molecule has 162 valence electrons. The van der Waals surface area contributed by atoms with Crippen LogP contribution in [-0.2, 0) is 10.0 Å². The summed E-state index contributed by atoms with van der Waals surface area (Å²) in [5, 5.41) is 6.52. The van der Waals surface area contributed by atoms with Crippen LogP contribution in [0.1, 0.15) is 0 Å². The van der Waals surface area contributed by atoms with Gasteiger partial charge in [0.2, 0.25) is 10.0 Å². The Bertz CT molecular complexity index is 1420. The van der Waals surface area contributed by atoms with E-state index >= 15 is 0 Å². The van der Waals surface area contributed by atoms with Crippen molar-refractivity contribution in [1.29, 1.82) is 0 Å². The largest absolute Gasteiger partial charge is 0.323 e. The minimum Gasteiger partial charge on any atom is -0.308 e. The van der Waals surface area contributed by atoms with Gasteiger partial charge in [-0.2, -0.15) is 0 Å². The smallest absolute Gasteiger partial charge is 0.308 e. The van der Waals surface area contributed by atoms with Crippen LogP contribution in [0, 0.1) is 0 Å². The summed E-state index contributed by atoms with van der Waals surface area (Å²) in [6.45, 7) is 0. The van der Waals surface area contributed by atoms with Gasteiger partial charge in [0.05, 0.1) is 33.9 Å². The van der Waals surface area contributed by atoms with Crippen LogP contribution in [0.15, 0.2) is 73.1 Å². The van der Waals surface area contributed by atoms with Gasteiger partial charge in [-0.3, -0.25) is 4.72 Å². The highest BCUT2D eigenvalue weighted by atomic mass is 35.5. The van der Waals surface area contributed by atoms with Gasteiger partial charge in [-0.1, -0.05) is 41.9 Å². The lowest BCUT2D eigenvalue weighted by Crippen LogP contribution is -2.19. The number of hydrogen-bond donors (Lipinski definition) is 3. The molecule has 0 saturated heterocycles. The number of sulfonamides is 1. The minimum absolute atomic E-state index is 0.190. The van der Waals surface area contributed by atoms with Crippen molar-refractivity contribution in [1.82, 2.24) is 9.97 Å². The van der Waals surface area contributed by atoms with Gasteiger partial charge in [0.1, 0.15) is 6.33 Å². The van der Waals surface area contributed by atoms with Crippen LogP contribution in [0.3, 0.4) is 0 Å². The molecule has 2 amide bonds. The number of halogens is 1. The predicted molar refractivity (Wildman–Crippen MR) is 128 cm³/mol. The molecule has 0 fully saturated rings.